The van der Waals surface area contributed by atoms with Crippen molar-refractivity contribution < 1.29 is 18.8 Å². The molecule has 1 saturated heterocycles. The molecule has 0 radical (unpaired) electrons. The lowest BCUT2D eigenvalue weighted by molar-refractivity contribution is -0.123. The summed E-state index contributed by atoms with van der Waals surface area (Å²) in [6, 6.07) is 12.5. The average molecular weight is 497 g/mol. The maximum Gasteiger partial charge on any atom is 0.263 e. The maximum atomic E-state index is 13.1. The fourth-order valence-electron chi connectivity index (χ4n) is 3.68. The first-order valence-corrected chi connectivity index (χ1v) is 10.7. The number of carbonyl (C=O) groups is 2. The van der Waals surface area contributed by atoms with Gasteiger partial charge in [-0.1, -0.05) is 38.4 Å². The number of imide groups is 1. The van der Waals surface area contributed by atoms with Crippen LogP contribution in [-0.2, 0) is 16.1 Å². The number of halogens is 1. The van der Waals surface area contributed by atoms with E-state index in [1.165, 1.54) is 5.01 Å². The van der Waals surface area contributed by atoms with Gasteiger partial charge in [-0.3, -0.25) is 14.6 Å². The van der Waals surface area contributed by atoms with E-state index in [9.17, 15) is 9.59 Å². The molecule has 2 atom stereocenters. The van der Waals surface area contributed by atoms with Gasteiger partial charge in [0.2, 0.25) is 11.7 Å². The van der Waals surface area contributed by atoms with Gasteiger partial charge >= 0.3 is 0 Å². The Morgan fingerprint density at radius 3 is 2.62 bits per heavy atom. The highest BCUT2D eigenvalue weighted by Crippen LogP contribution is 2.33. The molecule has 2 aliphatic heterocycles. The Bertz CT molecular complexity index is 1210. The number of ether oxygens (including phenoxy) is 1. The van der Waals surface area contributed by atoms with E-state index in [-0.39, 0.29) is 12.4 Å². The van der Waals surface area contributed by atoms with Gasteiger partial charge in [-0.15, -0.1) is 0 Å². The van der Waals surface area contributed by atoms with Gasteiger partial charge in [0, 0.05) is 10.0 Å². The minimum absolute atomic E-state index is 0.0538. The predicted molar refractivity (Wildman–Crippen MR) is 116 cm³/mol. The highest BCUT2D eigenvalue weighted by Gasteiger charge is 2.55. The Labute approximate surface area is 191 Å². The van der Waals surface area contributed by atoms with Crippen LogP contribution in [-0.4, -0.2) is 45.7 Å². The van der Waals surface area contributed by atoms with Gasteiger partial charge in [0.25, 0.3) is 11.8 Å². The number of benzene rings is 2. The zero-order valence-electron chi connectivity index (χ0n) is 16.9. The minimum Gasteiger partial charge on any atom is -0.494 e. The Morgan fingerprint density at radius 1 is 1.09 bits per heavy atom. The molecule has 0 saturated carbocycles. The summed E-state index contributed by atoms with van der Waals surface area (Å²) in [5, 5.41) is 13.5. The smallest absolute Gasteiger partial charge is 0.263 e. The number of amides is 2. The molecule has 11 heteroatoms. The molecule has 2 aromatic carbocycles. The second kappa shape index (κ2) is 8.15. The second-order valence-corrected chi connectivity index (χ2v) is 7.98. The van der Waals surface area contributed by atoms with Crippen molar-refractivity contribution in [2.75, 3.05) is 11.5 Å². The van der Waals surface area contributed by atoms with Crippen molar-refractivity contribution in [1.29, 1.82) is 0 Å². The Hall–Kier alpha value is -3.60. The SMILES string of the molecule is CCOc1ccc(N2C(=O)[C@H]3N=NN(Cc4nc(-c5ccccc5Br)no4)[C@H]3C2=O)cc1. The molecule has 162 valence electrons. The summed E-state index contributed by atoms with van der Waals surface area (Å²) in [6.07, 6.45) is 0. The standard InChI is InChI=1S/C21H17BrN6O4/c1-2-31-13-9-7-12(8-10-13)28-20(29)17-18(21(28)30)27(26-24-17)11-16-23-19(25-32-16)14-5-3-4-6-15(14)22/h3-10,17-18H,2,11H2,1H3/t17-,18+/m0/s1. The third-order valence-electron chi connectivity index (χ3n) is 5.14. The fraction of sp³-hybridized carbons (Fsp3) is 0.238. The Kier molecular flexibility index (Phi) is 5.17. The predicted octanol–water partition coefficient (Wildman–Crippen LogP) is 3.39. The normalized spacial score (nSPS) is 19.7. The van der Waals surface area contributed by atoms with Crippen LogP contribution in [0.1, 0.15) is 12.8 Å². The first kappa shape index (κ1) is 20.3. The van der Waals surface area contributed by atoms with Crippen LogP contribution in [0.25, 0.3) is 11.4 Å². The third-order valence-corrected chi connectivity index (χ3v) is 5.84. The van der Waals surface area contributed by atoms with Gasteiger partial charge in [0.1, 0.15) is 12.3 Å². The summed E-state index contributed by atoms with van der Waals surface area (Å²) < 4.78 is 11.6. The van der Waals surface area contributed by atoms with Gasteiger partial charge in [0.05, 0.1) is 12.3 Å². The summed E-state index contributed by atoms with van der Waals surface area (Å²) >= 11 is 3.46. The van der Waals surface area contributed by atoms with Gasteiger partial charge in [-0.25, -0.2) is 4.90 Å². The minimum atomic E-state index is -0.903. The van der Waals surface area contributed by atoms with Crippen LogP contribution in [0.15, 0.2) is 67.9 Å². The third kappa shape index (κ3) is 3.44. The van der Waals surface area contributed by atoms with E-state index < -0.39 is 23.9 Å². The van der Waals surface area contributed by atoms with Gasteiger partial charge in [-0.2, -0.15) is 10.1 Å². The van der Waals surface area contributed by atoms with Gasteiger partial charge < -0.3 is 9.26 Å². The summed E-state index contributed by atoms with van der Waals surface area (Å²) in [6.45, 7) is 2.46. The first-order valence-electron chi connectivity index (χ1n) is 9.92. The first-order chi connectivity index (χ1) is 15.6. The molecule has 0 spiro atoms. The largest absolute Gasteiger partial charge is 0.494 e. The van der Waals surface area contributed by atoms with E-state index in [1.54, 1.807) is 24.3 Å². The molecule has 0 N–H and O–H groups in total. The molecule has 1 fully saturated rings. The maximum absolute atomic E-state index is 13.1. The topological polar surface area (TPSA) is 113 Å². The Morgan fingerprint density at radius 2 is 1.88 bits per heavy atom. The molecule has 5 rings (SSSR count). The monoisotopic (exact) mass is 496 g/mol. The Balaban J connectivity index is 1.34. The fourth-order valence-corrected chi connectivity index (χ4v) is 4.14. The van der Waals surface area contributed by atoms with Crippen LogP contribution in [0, 0.1) is 0 Å². The van der Waals surface area contributed by atoms with Crippen LogP contribution >= 0.6 is 15.9 Å². The number of hydrogen-bond acceptors (Lipinski definition) is 9. The zero-order valence-corrected chi connectivity index (χ0v) is 18.5. The lowest BCUT2D eigenvalue weighted by atomic mass is 10.1. The van der Waals surface area contributed by atoms with Crippen LogP contribution < -0.4 is 9.64 Å². The molecular weight excluding hydrogens is 480 g/mol. The van der Waals surface area contributed by atoms with Crippen molar-refractivity contribution in [1.82, 2.24) is 15.1 Å². The molecule has 2 amide bonds. The van der Waals surface area contributed by atoms with E-state index in [4.69, 9.17) is 9.26 Å². The van der Waals surface area contributed by atoms with Crippen molar-refractivity contribution >= 4 is 33.4 Å². The summed E-state index contributed by atoms with van der Waals surface area (Å²) in [5.41, 5.74) is 1.24. The molecule has 0 bridgehead atoms. The highest BCUT2D eigenvalue weighted by atomic mass is 79.9. The van der Waals surface area contributed by atoms with Crippen LogP contribution in [0.4, 0.5) is 5.69 Å². The van der Waals surface area contributed by atoms with E-state index in [0.29, 0.717) is 23.9 Å². The van der Waals surface area contributed by atoms with E-state index in [0.717, 1.165) is 14.9 Å². The second-order valence-electron chi connectivity index (χ2n) is 7.12. The van der Waals surface area contributed by atoms with Crippen molar-refractivity contribution in [3.05, 3.63) is 58.9 Å². The molecule has 2 aliphatic rings. The van der Waals surface area contributed by atoms with Crippen LogP contribution in [0.3, 0.4) is 0 Å². The van der Waals surface area contributed by atoms with Crippen LogP contribution in [0.2, 0.25) is 0 Å². The number of hydrogen-bond donors (Lipinski definition) is 0. The van der Waals surface area contributed by atoms with Crippen molar-refractivity contribution in [3.63, 3.8) is 0 Å². The summed E-state index contributed by atoms with van der Waals surface area (Å²) in [7, 11) is 0. The number of rotatable bonds is 6. The van der Waals surface area contributed by atoms with Crippen molar-refractivity contribution in [2.24, 2.45) is 10.3 Å². The average Bonchev–Trinajstić information content (AvgIpc) is 3.48. The molecule has 3 heterocycles. The van der Waals surface area contributed by atoms with Gasteiger partial charge in [0.15, 0.2) is 12.1 Å². The quantitative estimate of drug-likeness (QED) is 0.480. The molecule has 32 heavy (non-hydrogen) atoms. The van der Waals surface area contributed by atoms with Crippen molar-refractivity contribution in [2.45, 2.75) is 25.6 Å². The number of nitrogens with zero attached hydrogens (tertiary/aromatic N) is 6. The molecule has 0 aliphatic carbocycles. The van der Waals surface area contributed by atoms with Crippen LogP contribution in [0.5, 0.6) is 5.75 Å². The summed E-state index contributed by atoms with van der Waals surface area (Å²) in [4.78, 5) is 31.5. The number of fused-ring (bicyclic) bond motifs is 1. The molecule has 0 unspecified atom stereocenters. The number of carbonyl (C=O) groups excluding carboxylic acids is 2. The number of aromatic nitrogens is 2. The number of anilines is 1. The van der Waals surface area contributed by atoms with Crippen molar-refractivity contribution in [3.8, 4) is 17.1 Å². The van der Waals surface area contributed by atoms with E-state index in [1.807, 2.05) is 31.2 Å². The zero-order chi connectivity index (χ0) is 22.2. The highest BCUT2D eigenvalue weighted by molar-refractivity contribution is 9.10. The van der Waals surface area contributed by atoms with E-state index in [2.05, 4.69) is 36.4 Å². The lowest BCUT2D eigenvalue weighted by Crippen LogP contribution is -2.39. The molecule has 10 nitrogen and oxygen atoms in total. The van der Waals surface area contributed by atoms with Gasteiger partial charge in [-0.05, 0) is 43.3 Å². The lowest BCUT2D eigenvalue weighted by Gasteiger charge is -2.19. The van der Waals surface area contributed by atoms with E-state index >= 15 is 0 Å². The summed E-state index contributed by atoms with van der Waals surface area (Å²) in [5.74, 6) is 0.503. The molecule has 1 aromatic heterocycles. The molecule has 3 aromatic rings. The molecular formula is C21H17BrN6O4.